The monoisotopic (exact) mass is 252 g/mol. The molecule has 1 nitrogen and oxygen atoms in total. The molecule has 0 unspecified atom stereocenters. The van der Waals surface area contributed by atoms with Crippen LogP contribution in [-0.2, 0) is 0 Å². The minimum atomic E-state index is 0.545. The molecule has 0 aromatic heterocycles. The molecule has 0 saturated heterocycles. The van der Waals surface area contributed by atoms with Crippen LogP contribution in [0.3, 0.4) is 0 Å². The van der Waals surface area contributed by atoms with Crippen molar-refractivity contribution in [3.63, 3.8) is 0 Å². The third kappa shape index (κ3) is 3.56. The molecule has 0 spiro atoms. The molecule has 0 amide bonds. The summed E-state index contributed by atoms with van der Waals surface area (Å²) in [7, 11) is 0. The van der Waals surface area contributed by atoms with E-state index in [1.54, 1.807) is 18.2 Å². The Morgan fingerprint density at radius 3 is 2.29 bits per heavy atom. The molecule has 1 aromatic carbocycles. The maximum atomic E-state index is 5.91. The van der Waals surface area contributed by atoms with Crippen molar-refractivity contribution in [1.82, 2.24) is 0 Å². The zero-order chi connectivity index (χ0) is 10.4. The van der Waals surface area contributed by atoms with E-state index in [4.69, 9.17) is 39.5 Å². The molecule has 0 bridgehead atoms. The van der Waals surface area contributed by atoms with Crippen molar-refractivity contribution >= 4 is 34.8 Å². The highest BCUT2D eigenvalue weighted by Crippen LogP contribution is 2.32. The largest absolute Gasteiger partial charge is 0.490 e. The van der Waals surface area contributed by atoms with Crippen LogP contribution in [0, 0.1) is 0 Å². The number of rotatable bonds is 5. The average Bonchev–Trinajstić information content (AvgIpc) is 2.16. The molecule has 78 valence electrons. The van der Waals surface area contributed by atoms with Crippen LogP contribution < -0.4 is 4.74 Å². The van der Waals surface area contributed by atoms with Gasteiger partial charge < -0.3 is 4.74 Å². The van der Waals surface area contributed by atoms with Gasteiger partial charge in [0.1, 0.15) is 0 Å². The Labute approximate surface area is 98.9 Å². The highest BCUT2D eigenvalue weighted by atomic mass is 35.5. The van der Waals surface area contributed by atoms with E-state index >= 15 is 0 Å². The Balaban J connectivity index is 2.49. The number of hydrogen-bond donors (Lipinski definition) is 0. The Hall–Kier alpha value is -0.110. The standard InChI is InChI=1S/C10H11Cl3O/c11-6-1-2-7-14-10-8(12)4-3-5-9(10)13/h3-5H,1-2,6-7H2. The number of benzene rings is 1. The highest BCUT2D eigenvalue weighted by Gasteiger charge is 2.05. The van der Waals surface area contributed by atoms with Crippen LogP contribution >= 0.6 is 34.8 Å². The molecule has 0 saturated carbocycles. The molecule has 0 heterocycles. The van der Waals surface area contributed by atoms with E-state index in [1.165, 1.54) is 0 Å². The molecule has 0 radical (unpaired) electrons. The van der Waals surface area contributed by atoms with E-state index < -0.39 is 0 Å². The van der Waals surface area contributed by atoms with Crippen molar-refractivity contribution < 1.29 is 4.74 Å². The van der Waals surface area contributed by atoms with Crippen LogP contribution in [-0.4, -0.2) is 12.5 Å². The van der Waals surface area contributed by atoms with E-state index in [1.807, 2.05) is 0 Å². The van der Waals surface area contributed by atoms with E-state index in [0.717, 1.165) is 12.8 Å². The Bertz CT molecular complexity index is 268. The molecule has 1 rings (SSSR count). The summed E-state index contributed by atoms with van der Waals surface area (Å²) in [6, 6.07) is 5.30. The van der Waals surface area contributed by atoms with Crippen molar-refractivity contribution in [2.24, 2.45) is 0 Å². The van der Waals surface area contributed by atoms with Crippen LogP contribution in [0.25, 0.3) is 0 Å². The van der Waals surface area contributed by atoms with Crippen LogP contribution in [0.2, 0.25) is 10.0 Å². The van der Waals surface area contributed by atoms with Gasteiger partial charge in [0.05, 0.1) is 16.7 Å². The van der Waals surface area contributed by atoms with Gasteiger partial charge in [-0.3, -0.25) is 0 Å². The van der Waals surface area contributed by atoms with Gasteiger partial charge in [0.25, 0.3) is 0 Å². The minimum Gasteiger partial charge on any atom is -0.490 e. The number of unbranched alkanes of at least 4 members (excludes halogenated alkanes) is 1. The summed E-state index contributed by atoms with van der Waals surface area (Å²) in [5, 5.41) is 1.09. The Morgan fingerprint density at radius 2 is 1.71 bits per heavy atom. The Kier molecular flexibility index (Phi) is 5.46. The van der Waals surface area contributed by atoms with Crippen molar-refractivity contribution in [2.75, 3.05) is 12.5 Å². The second-order valence-electron chi connectivity index (χ2n) is 2.80. The van der Waals surface area contributed by atoms with Crippen LogP contribution in [0.5, 0.6) is 5.75 Å². The zero-order valence-corrected chi connectivity index (χ0v) is 9.87. The summed E-state index contributed by atoms with van der Waals surface area (Å²) in [5.74, 6) is 1.21. The Morgan fingerprint density at radius 1 is 1.07 bits per heavy atom. The number of hydrogen-bond acceptors (Lipinski definition) is 1. The molecule has 0 N–H and O–H groups in total. The van der Waals surface area contributed by atoms with Gasteiger partial charge in [-0.2, -0.15) is 0 Å². The number of alkyl halides is 1. The smallest absolute Gasteiger partial charge is 0.156 e. The third-order valence-corrected chi connectivity index (χ3v) is 2.56. The van der Waals surface area contributed by atoms with Crippen LogP contribution in [0.4, 0.5) is 0 Å². The number of ether oxygens (including phenoxy) is 1. The molecular weight excluding hydrogens is 242 g/mol. The predicted molar refractivity (Wildman–Crippen MR) is 61.9 cm³/mol. The topological polar surface area (TPSA) is 9.23 Å². The molecule has 0 aliphatic carbocycles. The predicted octanol–water partition coefficient (Wildman–Crippen LogP) is 4.39. The molecular formula is C10H11Cl3O. The summed E-state index contributed by atoms with van der Waals surface area (Å²) >= 11 is 17.4. The molecule has 0 aliphatic rings. The fourth-order valence-corrected chi connectivity index (χ4v) is 1.69. The maximum Gasteiger partial charge on any atom is 0.156 e. The molecule has 0 aliphatic heterocycles. The first kappa shape index (κ1) is 12.0. The molecule has 1 aromatic rings. The molecule has 4 heteroatoms. The summed E-state index contributed by atoms with van der Waals surface area (Å²) in [6.45, 7) is 0.593. The first-order chi connectivity index (χ1) is 6.75. The van der Waals surface area contributed by atoms with Gasteiger partial charge >= 0.3 is 0 Å². The van der Waals surface area contributed by atoms with Gasteiger partial charge in [-0.25, -0.2) is 0 Å². The van der Waals surface area contributed by atoms with E-state index in [9.17, 15) is 0 Å². The summed E-state index contributed by atoms with van der Waals surface area (Å²) in [6.07, 6.45) is 1.84. The lowest BCUT2D eigenvalue weighted by molar-refractivity contribution is 0.310. The first-order valence-electron chi connectivity index (χ1n) is 4.38. The third-order valence-electron chi connectivity index (χ3n) is 1.69. The lowest BCUT2D eigenvalue weighted by Crippen LogP contribution is -1.98. The molecule has 0 fully saturated rings. The normalized spacial score (nSPS) is 10.2. The van der Waals surface area contributed by atoms with Gasteiger partial charge in [0.15, 0.2) is 5.75 Å². The van der Waals surface area contributed by atoms with Crippen molar-refractivity contribution in [3.05, 3.63) is 28.2 Å². The van der Waals surface area contributed by atoms with E-state index in [0.29, 0.717) is 28.3 Å². The second-order valence-corrected chi connectivity index (χ2v) is 3.99. The van der Waals surface area contributed by atoms with Gasteiger partial charge in [-0.15, -0.1) is 11.6 Å². The van der Waals surface area contributed by atoms with Gasteiger partial charge in [0, 0.05) is 5.88 Å². The van der Waals surface area contributed by atoms with Gasteiger partial charge in [-0.05, 0) is 25.0 Å². The van der Waals surface area contributed by atoms with Crippen molar-refractivity contribution in [2.45, 2.75) is 12.8 Å². The second kappa shape index (κ2) is 6.39. The lowest BCUT2D eigenvalue weighted by atomic mass is 10.3. The fraction of sp³-hybridized carbons (Fsp3) is 0.400. The van der Waals surface area contributed by atoms with E-state index in [-0.39, 0.29) is 0 Å². The number of halogens is 3. The number of para-hydroxylation sites is 1. The fourth-order valence-electron chi connectivity index (χ4n) is 0.991. The van der Waals surface area contributed by atoms with E-state index in [2.05, 4.69) is 0 Å². The summed E-state index contributed by atoms with van der Waals surface area (Å²) < 4.78 is 5.45. The highest BCUT2D eigenvalue weighted by molar-refractivity contribution is 6.37. The van der Waals surface area contributed by atoms with Gasteiger partial charge in [-0.1, -0.05) is 29.3 Å². The van der Waals surface area contributed by atoms with Gasteiger partial charge in [0.2, 0.25) is 0 Å². The first-order valence-corrected chi connectivity index (χ1v) is 5.67. The SMILES string of the molecule is ClCCCCOc1c(Cl)cccc1Cl. The zero-order valence-electron chi connectivity index (χ0n) is 7.60. The quantitative estimate of drug-likeness (QED) is 0.558. The maximum absolute atomic E-state index is 5.91. The van der Waals surface area contributed by atoms with Crippen LogP contribution in [0.15, 0.2) is 18.2 Å². The molecule has 14 heavy (non-hydrogen) atoms. The minimum absolute atomic E-state index is 0.545. The van der Waals surface area contributed by atoms with Crippen LogP contribution in [0.1, 0.15) is 12.8 Å². The summed E-state index contributed by atoms with van der Waals surface area (Å²) in [4.78, 5) is 0. The average molecular weight is 254 g/mol. The van der Waals surface area contributed by atoms with Crippen molar-refractivity contribution in [1.29, 1.82) is 0 Å². The molecule has 0 atom stereocenters. The lowest BCUT2D eigenvalue weighted by Gasteiger charge is -2.08. The summed E-state index contributed by atoms with van der Waals surface area (Å²) in [5.41, 5.74) is 0. The van der Waals surface area contributed by atoms with Crippen molar-refractivity contribution in [3.8, 4) is 5.75 Å².